The van der Waals surface area contributed by atoms with E-state index in [2.05, 4.69) is 0 Å². The minimum absolute atomic E-state index is 0.0154. The number of hydrogen-bond donors (Lipinski definition) is 1. The van der Waals surface area contributed by atoms with Crippen LogP contribution in [0.5, 0.6) is 0 Å². The summed E-state index contributed by atoms with van der Waals surface area (Å²) in [7, 11) is 0. The maximum absolute atomic E-state index is 14.1. The quantitative estimate of drug-likeness (QED) is 0.485. The van der Waals surface area contributed by atoms with Gasteiger partial charge in [-0.15, -0.1) is 0 Å². The molecule has 3 saturated heterocycles. The van der Waals surface area contributed by atoms with Crippen molar-refractivity contribution in [1.29, 1.82) is 0 Å². The van der Waals surface area contributed by atoms with E-state index in [1.807, 2.05) is 4.90 Å². The molecule has 0 radical (unpaired) electrons. The lowest BCUT2D eigenvalue weighted by Gasteiger charge is -2.41. The second kappa shape index (κ2) is 9.69. The second-order valence-corrected chi connectivity index (χ2v) is 10.1. The molecule has 2 bridgehead atoms. The number of carbonyl (C=O) groups is 3. The fourth-order valence-electron chi connectivity index (χ4n) is 5.92. The first-order chi connectivity index (χ1) is 17.2. The summed E-state index contributed by atoms with van der Waals surface area (Å²) in [6.07, 6.45) is 3.65. The van der Waals surface area contributed by atoms with E-state index in [4.69, 9.17) is 5.73 Å². The van der Waals surface area contributed by atoms with Crippen molar-refractivity contribution in [2.45, 2.75) is 69.6 Å². The minimum atomic E-state index is -1.22. The number of nitrogens with two attached hydrogens (primary N) is 1. The molecule has 0 aromatic heterocycles. The molecule has 3 aliphatic heterocycles. The Hall–Kier alpha value is -3.20. The summed E-state index contributed by atoms with van der Waals surface area (Å²) in [4.78, 5) is 40.2. The molecule has 2 N–H and O–H groups in total. The van der Waals surface area contributed by atoms with Gasteiger partial charge in [0.05, 0.1) is 6.54 Å². The van der Waals surface area contributed by atoms with E-state index in [0.29, 0.717) is 24.5 Å². The number of benzene rings is 2. The third kappa shape index (κ3) is 4.64. The lowest BCUT2D eigenvalue weighted by Crippen LogP contribution is -2.50. The summed E-state index contributed by atoms with van der Waals surface area (Å²) in [5.74, 6) is -3.50. The van der Waals surface area contributed by atoms with E-state index in [9.17, 15) is 27.6 Å². The molecule has 3 aliphatic rings. The number of likely N-dealkylation sites (tertiary alicyclic amines) is 1. The van der Waals surface area contributed by atoms with Gasteiger partial charge in [0.1, 0.15) is 5.82 Å². The Bertz CT molecular complexity index is 1170. The number of nitrogens with zero attached hydrogens (tertiary/aromatic N) is 2. The molecule has 6 nitrogen and oxygen atoms in total. The van der Waals surface area contributed by atoms with Crippen molar-refractivity contribution in [3.63, 3.8) is 0 Å². The highest BCUT2D eigenvalue weighted by Crippen LogP contribution is 2.41. The van der Waals surface area contributed by atoms with Crippen LogP contribution in [-0.2, 0) is 22.6 Å². The van der Waals surface area contributed by atoms with Crippen molar-refractivity contribution in [1.82, 2.24) is 9.80 Å². The lowest BCUT2D eigenvalue weighted by molar-refractivity contribution is -0.139. The van der Waals surface area contributed by atoms with E-state index in [-0.39, 0.29) is 67.1 Å². The molecule has 5 rings (SSSR count). The predicted octanol–water partition coefficient (Wildman–Crippen LogP) is 3.71. The number of piperidine rings is 1. The number of halogens is 3. The highest BCUT2D eigenvalue weighted by molar-refractivity contribution is 6.01. The van der Waals surface area contributed by atoms with Crippen LogP contribution in [0.3, 0.4) is 0 Å². The fourth-order valence-corrected chi connectivity index (χ4v) is 5.92. The van der Waals surface area contributed by atoms with Crippen molar-refractivity contribution in [3.8, 4) is 0 Å². The zero-order valence-corrected chi connectivity index (χ0v) is 19.8. The Balaban J connectivity index is 1.22. The summed E-state index contributed by atoms with van der Waals surface area (Å²) in [5.41, 5.74) is 7.77. The van der Waals surface area contributed by atoms with E-state index in [1.165, 1.54) is 4.90 Å². The standard InChI is InChI=1S/C27H28F3N3O3/c28-21-13-23(30)22(29)11-17(21)12-24(31)18-9-19-5-6-20(10-18)33(19)27(36)16-3-1-15(2-4-16)14-32-25(34)7-8-26(32)35/h1-4,11,13,18-20,24H,5-10,12,14,31H2/t18-,19-,20+,24-/m1/s1. The predicted molar refractivity (Wildman–Crippen MR) is 125 cm³/mol. The van der Waals surface area contributed by atoms with Crippen LogP contribution in [0.1, 0.15) is 60.0 Å². The number of carbonyl (C=O) groups excluding carboxylic acids is 3. The van der Waals surface area contributed by atoms with Gasteiger partial charge < -0.3 is 10.6 Å². The molecule has 2 aromatic rings. The van der Waals surface area contributed by atoms with Gasteiger partial charge in [0.2, 0.25) is 11.8 Å². The third-order valence-corrected chi connectivity index (χ3v) is 7.85. The monoisotopic (exact) mass is 499 g/mol. The number of imide groups is 1. The fraction of sp³-hybridized carbons (Fsp3) is 0.444. The Labute approximate surface area is 207 Å². The van der Waals surface area contributed by atoms with Crippen molar-refractivity contribution in [2.24, 2.45) is 11.7 Å². The minimum Gasteiger partial charge on any atom is -0.333 e. The van der Waals surface area contributed by atoms with Gasteiger partial charge in [-0.05, 0) is 67.3 Å². The molecule has 3 heterocycles. The van der Waals surface area contributed by atoms with Crippen LogP contribution in [0.4, 0.5) is 13.2 Å². The van der Waals surface area contributed by atoms with Gasteiger partial charge in [-0.1, -0.05) is 12.1 Å². The third-order valence-electron chi connectivity index (χ3n) is 7.85. The summed E-state index contributed by atoms with van der Waals surface area (Å²) in [6.45, 7) is 0.208. The SMILES string of the molecule is N[C@H](Cc1cc(F)c(F)cc1F)[C@@H]1C[C@H]2CC[C@@H](C1)N2C(=O)c1ccc(CN2C(=O)CCC2=O)cc1. The van der Waals surface area contributed by atoms with Crippen molar-refractivity contribution in [2.75, 3.05) is 0 Å². The zero-order valence-electron chi connectivity index (χ0n) is 19.8. The molecular formula is C27H28F3N3O3. The van der Waals surface area contributed by atoms with Crippen molar-refractivity contribution >= 4 is 17.7 Å². The topological polar surface area (TPSA) is 83.7 Å². The number of rotatable bonds is 6. The van der Waals surface area contributed by atoms with Crippen LogP contribution in [-0.4, -0.2) is 45.6 Å². The van der Waals surface area contributed by atoms with E-state index < -0.39 is 23.5 Å². The molecule has 0 saturated carbocycles. The van der Waals surface area contributed by atoms with Gasteiger partial charge in [0.25, 0.3) is 5.91 Å². The molecule has 2 aromatic carbocycles. The molecule has 9 heteroatoms. The Morgan fingerprint density at radius 3 is 2.11 bits per heavy atom. The maximum atomic E-state index is 14.1. The van der Waals surface area contributed by atoms with Gasteiger partial charge in [0, 0.05) is 42.6 Å². The summed E-state index contributed by atoms with van der Waals surface area (Å²) < 4.78 is 40.9. The van der Waals surface area contributed by atoms with Gasteiger partial charge in [-0.25, -0.2) is 13.2 Å². The summed E-state index contributed by atoms with van der Waals surface area (Å²) in [6, 6.07) is 8.02. The first-order valence-electron chi connectivity index (χ1n) is 12.3. The highest BCUT2D eigenvalue weighted by Gasteiger charge is 2.44. The molecule has 3 amide bonds. The van der Waals surface area contributed by atoms with Crippen LogP contribution >= 0.6 is 0 Å². The lowest BCUT2D eigenvalue weighted by atomic mass is 9.82. The number of amides is 3. The van der Waals surface area contributed by atoms with E-state index >= 15 is 0 Å². The van der Waals surface area contributed by atoms with Crippen LogP contribution in [0, 0.1) is 23.4 Å². The van der Waals surface area contributed by atoms with Gasteiger partial charge in [-0.3, -0.25) is 19.3 Å². The van der Waals surface area contributed by atoms with Gasteiger partial charge in [0.15, 0.2) is 11.6 Å². The zero-order chi connectivity index (χ0) is 25.6. The normalized spacial score (nSPS) is 24.5. The molecule has 0 unspecified atom stereocenters. The van der Waals surface area contributed by atoms with Crippen LogP contribution in [0.25, 0.3) is 0 Å². The Kier molecular flexibility index (Phi) is 6.59. The summed E-state index contributed by atoms with van der Waals surface area (Å²) in [5, 5.41) is 0. The second-order valence-electron chi connectivity index (χ2n) is 10.1. The molecule has 4 atom stereocenters. The molecule has 36 heavy (non-hydrogen) atoms. The number of hydrogen-bond acceptors (Lipinski definition) is 4. The molecule has 0 spiro atoms. The van der Waals surface area contributed by atoms with Gasteiger partial charge in [-0.2, -0.15) is 0 Å². The molecular weight excluding hydrogens is 471 g/mol. The average molecular weight is 500 g/mol. The van der Waals surface area contributed by atoms with Crippen LogP contribution in [0.15, 0.2) is 36.4 Å². The smallest absolute Gasteiger partial charge is 0.254 e. The van der Waals surface area contributed by atoms with Crippen molar-refractivity contribution in [3.05, 3.63) is 70.5 Å². The molecule has 0 aliphatic carbocycles. The molecule has 190 valence electrons. The van der Waals surface area contributed by atoms with Crippen LogP contribution < -0.4 is 5.73 Å². The number of fused-ring (bicyclic) bond motifs is 2. The average Bonchev–Trinajstić information content (AvgIpc) is 3.31. The largest absolute Gasteiger partial charge is 0.333 e. The van der Waals surface area contributed by atoms with Gasteiger partial charge >= 0.3 is 0 Å². The molecule has 3 fully saturated rings. The Morgan fingerprint density at radius 2 is 1.50 bits per heavy atom. The first-order valence-corrected chi connectivity index (χ1v) is 12.3. The highest BCUT2D eigenvalue weighted by atomic mass is 19.2. The maximum Gasteiger partial charge on any atom is 0.254 e. The van der Waals surface area contributed by atoms with Crippen LogP contribution in [0.2, 0.25) is 0 Å². The Morgan fingerprint density at radius 1 is 0.917 bits per heavy atom. The van der Waals surface area contributed by atoms with Crippen molar-refractivity contribution < 1.29 is 27.6 Å². The van der Waals surface area contributed by atoms with E-state index in [0.717, 1.165) is 24.5 Å². The summed E-state index contributed by atoms with van der Waals surface area (Å²) >= 11 is 0. The first kappa shape index (κ1) is 24.5. The van der Waals surface area contributed by atoms with E-state index in [1.54, 1.807) is 24.3 Å².